The van der Waals surface area contributed by atoms with Gasteiger partial charge in [0.1, 0.15) is 5.01 Å². The average Bonchev–Trinajstić information content (AvgIpc) is 2.50. The molecular formula is C9H15ClN2O2S. The van der Waals surface area contributed by atoms with Gasteiger partial charge in [-0.15, -0.1) is 23.7 Å². The molecule has 0 saturated heterocycles. The summed E-state index contributed by atoms with van der Waals surface area (Å²) < 4.78 is 0. The SMILES string of the molecule is CC(C)C(N)c1nc(CC(=O)O)cs1.Cl. The van der Waals surface area contributed by atoms with Gasteiger partial charge in [-0.3, -0.25) is 4.79 Å². The van der Waals surface area contributed by atoms with Crippen LogP contribution in [0.3, 0.4) is 0 Å². The lowest BCUT2D eigenvalue weighted by atomic mass is 10.1. The summed E-state index contributed by atoms with van der Waals surface area (Å²) in [6, 6.07) is -0.0949. The monoisotopic (exact) mass is 250 g/mol. The summed E-state index contributed by atoms with van der Waals surface area (Å²) in [4.78, 5) is 14.6. The molecule has 3 N–H and O–H groups in total. The zero-order valence-electron chi connectivity index (χ0n) is 8.64. The zero-order chi connectivity index (χ0) is 10.7. The molecule has 1 atom stereocenters. The first kappa shape index (κ1) is 14.3. The molecule has 0 aliphatic carbocycles. The number of halogens is 1. The van der Waals surface area contributed by atoms with Gasteiger partial charge in [-0.25, -0.2) is 4.98 Å². The van der Waals surface area contributed by atoms with Crippen LogP contribution in [0.5, 0.6) is 0 Å². The molecule has 1 aromatic heterocycles. The lowest BCUT2D eigenvalue weighted by Crippen LogP contribution is -2.16. The van der Waals surface area contributed by atoms with Crippen molar-refractivity contribution in [3.63, 3.8) is 0 Å². The van der Waals surface area contributed by atoms with Crippen LogP contribution in [-0.2, 0) is 11.2 Å². The lowest BCUT2D eigenvalue weighted by molar-refractivity contribution is -0.136. The summed E-state index contributed by atoms with van der Waals surface area (Å²) >= 11 is 1.43. The van der Waals surface area contributed by atoms with E-state index in [0.29, 0.717) is 11.6 Å². The van der Waals surface area contributed by atoms with Gasteiger partial charge >= 0.3 is 5.97 Å². The molecule has 0 aliphatic heterocycles. The van der Waals surface area contributed by atoms with Crippen LogP contribution in [0.2, 0.25) is 0 Å². The molecule has 1 heterocycles. The zero-order valence-corrected chi connectivity index (χ0v) is 10.3. The number of rotatable bonds is 4. The van der Waals surface area contributed by atoms with Crippen LogP contribution < -0.4 is 5.73 Å². The third-order valence-corrected chi connectivity index (χ3v) is 2.90. The maximum Gasteiger partial charge on any atom is 0.309 e. The predicted molar refractivity (Wildman–Crippen MR) is 62.5 cm³/mol. The van der Waals surface area contributed by atoms with Crippen LogP contribution in [0.15, 0.2) is 5.38 Å². The minimum Gasteiger partial charge on any atom is -0.481 e. The summed E-state index contributed by atoms with van der Waals surface area (Å²) in [5.41, 5.74) is 6.47. The van der Waals surface area contributed by atoms with Gasteiger partial charge in [0.15, 0.2) is 0 Å². The number of hydrogen-bond acceptors (Lipinski definition) is 4. The summed E-state index contributed by atoms with van der Waals surface area (Å²) in [5, 5.41) is 11.1. The molecule has 1 unspecified atom stereocenters. The molecule has 0 bridgehead atoms. The van der Waals surface area contributed by atoms with Gasteiger partial charge in [0.2, 0.25) is 0 Å². The lowest BCUT2D eigenvalue weighted by Gasteiger charge is -2.11. The van der Waals surface area contributed by atoms with E-state index in [9.17, 15) is 4.79 Å². The van der Waals surface area contributed by atoms with Crippen LogP contribution in [0.25, 0.3) is 0 Å². The Hall–Kier alpha value is -0.650. The van der Waals surface area contributed by atoms with Crippen LogP contribution in [0, 0.1) is 5.92 Å². The van der Waals surface area contributed by atoms with Crippen molar-refractivity contribution in [2.45, 2.75) is 26.3 Å². The highest BCUT2D eigenvalue weighted by Gasteiger charge is 2.15. The summed E-state index contributed by atoms with van der Waals surface area (Å²) in [6.07, 6.45) is -0.0265. The van der Waals surface area contributed by atoms with Crippen molar-refractivity contribution in [2.75, 3.05) is 0 Å². The number of hydrogen-bond donors (Lipinski definition) is 2. The van der Waals surface area contributed by atoms with E-state index in [1.807, 2.05) is 13.8 Å². The van der Waals surface area contributed by atoms with E-state index in [0.717, 1.165) is 5.01 Å². The smallest absolute Gasteiger partial charge is 0.309 e. The van der Waals surface area contributed by atoms with E-state index in [1.54, 1.807) is 5.38 Å². The molecule has 1 rings (SSSR count). The van der Waals surface area contributed by atoms with Gasteiger partial charge in [0, 0.05) is 5.38 Å². The van der Waals surface area contributed by atoms with Gasteiger partial charge < -0.3 is 10.8 Å². The molecule has 0 spiro atoms. The second-order valence-electron chi connectivity index (χ2n) is 3.52. The van der Waals surface area contributed by atoms with Gasteiger partial charge in [-0.05, 0) is 5.92 Å². The fourth-order valence-electron chi connectivity index (χ4n) is 0.997. The minimum absolute atomic E-state index is 0. The number of aliphatic carboxylic acids is 1. The summed E-state index contributed by atoms with van der Waals surface area (Å²) in [6.45, 7) is 4.03. The maximum absolute atomic E-state index is 10.4. The van der Waals surface area contributed by atoms with E-state index in [4.69, 9.17) is 10.8 Å². The van der Waals surface area contributed by atoms with Crippen molar-refractivity contribution in [1.82, 2.24) is 4.98 Å². The molecule has 4 nitrogen and oxygen atoms in total. The largest absolute Gasteiger partial charge is 0.481 e. The topological polar surface area (TPSA) is 76.2 Å². The van der Waals surface area contributed by atoms with Gasteiger partial charge in [-0.2, -0.15) is 0 Å². The van der Waals surface area contributed by atoms with Crippen LogP contribution in [-0.4, -0.2) is 16.1 Å². The van der Waals surface area contributed by atoms with Crippen LogP contribution in [0.4, 0.5) is 0 Å². The quantitative estimate of drug-likeness (QED) is 0.855. The first-order valence-electron chi connectivity index (χ1n) is 4.42. The Labute approximate surface area is 98.9 Å². The highest BCUT2D eigenvalue weighted by molar-refractivity contribution is 7.09. The van der Waals surface area contributed by atoms with E-state index in [1.165, 1.54) is 11.3 Å². The standard InChI is InChI=1S/C9H14N2O2S.ClH/c1-5(2)8(10)9-11-6(4-14-9)3-7(12)13;/h4-5,8H,3,10H2,1-2H3,(H,12,13);1H. The molecule has 0 aromatic carbocycles. The average molecular weight is 251 g/mol. The first-order chi connectivity index (χ1) is 6.50. The fraction of sp³-hybridized carbons (Fsp3) is 0.556. The van der Waals surface area contributed by atoms with Crippen molar-refractivity contribution in [3.8, 4) is 0 Å². The molecule has 6 heteroatoms. The van der Waals surface area contributed by atoms with Gasteiger partial charge in [0.25, 0.3) is 0 Å². The molecule has 0 aliphatic rings. The van der Waals surface area contributed by atoms with Gasteiger partial charge in [0.05, 0.1) is 18.2 Å². The Bertz CT molecular complexity index is 328. The highest BCUT2D eigenvalue weighted by atomic mass is 35.5. The molecule has 1 aromatic rings. The molecule has 15 heavy (non-hydrogen) atoms. The molecular weight excluding hydrogens is 236 g/mol. The molecule has 0 radical (unpaired) electrons. The first-order valence-corrected chi connectivity index (χ1v) is 5.30. The maximum atomic E-state index is 10.4. The Morgan fingerprint density at radius 2 is 2.27 bits per heavy atom. The van der Waals surface area contributed by atoms with Crippen molar-refractivity contribution >= 4 is 29.7 Å². The van der Waals surface area contributed by atoms with E-state index in [2.05, 4.69) is 4.98 Å². The number of aromatic nitrogens is 1. The Morgan fingerprint density at radius 3 is 2.73 bits per heavy atom. The van der Waals surface area contributed by atoms with Gasteiger partial charge in [-0.1, -0.05) is 13.8 Å². The summed E-state index contributed by atoms with van der Waals surface area (Å²) in [7, 11) is 0. The number of carboxylic acids is 1. The summed E-state index contributed by atoms with van der Waals surface area (Å²) in [5.74, 6) is -0.543. The number of nitrogens with two attached hydrogens (primary N) is 1. The van der Waals surface area contributed by atoms with Crippen molar-refractivity contribution in [1.29, 1.82) is 0 Å². The van der Waals surface area contributed by atoms with E-state index in [-0.39, 0.29) is 24.9 Å². The second-order valence-corrected chi connectivity index (χ2v) is 4.41. The second kappa shape index (κ2) is 6.05. The van der Waals surface area contributed by atoms with Crippen molar-refractivity contribution in [3.05, 3.63) is 16.1 Å². The Balaban J connectivity index is 0.00000196. The van der Waals surface area contributed by atoms with Crippen LogP contribution >= 0.6 is 23.7 Å². The number of thiazole rings is 1. The minimum atomic E-state index is -0.861. The predicted octanol–water partition coefficient (Wildman–Crippen LogP) is 1.85. The normalized spacial score (nSPS) is 12.3. The Kier molecular flexibility index (Phi) is 5.79. The highest BCUT2D eigenvalue weighted by Crippen LogP contribution is 2.22. The number of carboxylic acid groups (broad SMARTS) is 1. The number of carbonyl (C=O) groups is 1. The number of nitrogens with zero attached hydrogens (tertiary/aromatic N) is 1. The third kappa shape index (κ3) is 4.15. The third-order valence-electron chi connectivity index (χ3n) is 1.91. The van der Waals surface area contributed by atoms with E-state index >= 15 is 0 Å². The molecule has 0 saturated carbocycles. The van der Waals surface area contributed by atoms with Crippen LogP contribution in [0.1, 0.15) is 30.6 Å². The molecule has 0 fully saturated rings. The van der Waals surface area contributed by atoms with E-state index < -0.39 is 5.97 Å². The Morgan fingerprint density at radius 1 is 1.67 bits per heavy atom. The fourth-order valence-corrected chi connectivity index (χ4v) is 1.99. The molecule has 86 valence electrons. The molecule has 0 amide bonds. The van der Waals surface area contributed by atoms with Crippen molar-refractivity contribution < 1.29 is 9.90 Å². The van der Waals surface area contributed by atoms with Crippen molar-refractivity contribution in [2.24, 2.45) is 11.7 Å².